The number of carboxylic acid groups (broad SMARTS) is 1. The van der Waals surface area contributed by atoms with Gasteiger partial charge in [0.1, 0.15) is 11.2 Å². The van der Waals surface area contributed by atoms with Gasteiger partial charge >= 0.3 is 5.97 Å². The van der Waals surface area contributed by atoms with Crippen molar-refractivity contribution in [2.24, 2.45) is 0 Å². The maximum Gasteiger partial charge on any atom is 0.336 e. The SMILES string of the molecule is CN(C)c1ccc2c(-c3ccc(C(=O)NCCN4C(=O)C=CC4=O)cc3C(=O)O)c3ccc4cc(=O)ccc4c3oc2c1. The number of carbonyl (C=O) groups is 4. The minimum Gasteiger partial charge on any atom is -0.478 e. The predicted molar refractivity (Wildman–Crippen MR) is 162 cm³/mol. The van der Waals surface area contributed by atoms with E-state index >= 15 is 0 Å². The summed E-state index contributed by atoms with van der Waals surface area (Å²) in [5.74, 6) is -2.68. The molecule has 1 aromatic heterocycles. The van der Waals surface area contributed by atoms with E-state index < -0.39 is 23.7 Å². The smallest absolute Gasteiger partial charge is 0.336 e. The van der Waals surface area contributed by atoms with Crippen LogP contribution in [-0.4, -0.2) is 60.9 Å². The molecule has 2 N–H and O–H groups in total. The number of fused-ring (bicyclic) bond motifs is 4. The molecule has 10 nitrogen and oxygen atoms in total. The van der Waals surface area contributed by atoms with Gasteiger partial charge in [0.2, 0.25) is 0 Å². The molecule has 0 spiro atoms. The molecule has 0 saturated heterocycles. The fraction of sp³-hybridized carbons (Fsp3) is 0.121. The van der Waals surface area contributed by atoms with E-state index in [1.54, 1.807) is 24.3 Å². The van der Waals surface area contributed by atoms with Crippen molar-refractivity contribution in [1.29, 1.82) is 0 Å². The Labute approximate surface area is 244 Å². The fourth-order valence-corrected chi connectivity index (χ4v) is 5.33. The zero-order valence-electron chi connectivity index (χ0n) is 23.2. The summed E-state index contributed by atoms with van der Waals surface area (Å²) >= 11 is 0. The lowest BCUT2D eigenvalue weighted by Crippen LogP contribution is -2.38. The Morgan fingerprint density at radius 2 is 1.58 bits per heavy atom. The highest BCUT2D eigenvalue weighted by atomic mass is 16.4. The molecular formula is C33H25N3O7. The van der Waals surface area contributed by atoms with Crippen LogP contribution in [-0.2, 0) is 9.59 Å². The normalized spacial score (nSPS) is 12.9. The van der Waals surface area contributed by atoms with Gasteiger partial charge in [-0.25, -0.2) is 4.79 Å². The number of carboxylic acids is 1. The number of nitrogens with zero attached hydrogens (tertiary/aromatic N) is 2. The second-order valence-corrected chi connectivity index (χ2v) is 10.4. The number of hydrogen-bond acceptors (Lipinski definition) is 7. The number of benzene rings is 4. The number of nitrogens with one attached hydrogen (secondary N) is 1. The minimum atomic E-state index is -1.23. The molecule has 43 heavy (non-hydrogen) atoms. The van der Waals surface area contributed by atoms with Crippen molar-refractivity contribution >= 4 is 62.1 Å². The number of hydrogen-bond donors (Lipinski definition) is 2. The molecule has 1 aliphatic heterocycles. The third kappa shape index (κ3) is 4.88. The van der Waals surface area contributed by atoms with E-state index in [4.69, 9.17) is 4.42 Å². The van der Waals surface area contributed by atoms with Crippen molar-refractivity contribution in [3.63, 3.8) is 0 Å². The largest absolute Gasteiger partial charge is 0.478 e. The molecule has 0 aliphatic carbocycles. The first-order valence-electron chi connectivity index (χ1n) is 13.4. The van der Waals surface area contributed by atoms with Crippen molar-refractivity contribution in [3.05, 3.63) is 100 Å². The van der Waals surface area contributed by atoms with E-state index in [-0.39, 0.29) is 29.6 Å². The highest BCUT2D eigenvalue weighted by molar-refractivity contribution is 6.18. The molecule has 5 aromatic rings. The Bertz CT molecular complexity index is 2090. The molecule has 10 heteroatoms. The van der Waals surface area contributed by atoms with E-state index in [1.807, 2.05) is 37.2 Å². The first kappa shape index (κ1) is 27.4. The van der Waals surface area contributed by atoms with Crippen LogP contribution in [0.5, 0.6) is 0 Å². The van der Waals surface area contributed by atoms with Crippen LogP contribution in [0.25, 0.3) is 43.8 Å². The fourth-order valence-electron chi connectivity index (χ4n) is 5.33. The lowest BCUT2D eigenvalue weighted by molar-refractivity contribution is -0.136. The van der Waals surface area contributed by atoms with Crippen molar-refractivity contribution in [1.82, 2.24) is 10.2 Å². The monoisotopic (exact) mass is 575 g/mol. The number of amides is 3. The van der Waals surface area contributed by atoms with Gasteiger partial charge in [-0.3, -0.25) is 24.1 Å². The third-order valence-electron chi connectivity index (χ3n) is 7.48. The van der Waals surface area contributed by atoms with Gasteiger partial charge in [-0.05, 0) is 59.5 Å². The molecule has 3 amide bonds. The highest BCUT2D eigenvalue weighted by Gasteiger charge is 2.24. The van der Waals surface area contributed by atoms with Crippen LogP contribution in [0.3, 0.4) is 0 Å². The number of rotatable bonds is 7. The predicted octanol–water partition coefficient (Wildman–Crippen LogP) is 4.19. The molecule has 6 rings (SSSR count). The molecule has 0 fully saturated rings. The first-order chi connectivity index (χ1) is 20.6. The highest BCUT2D eigenvalue weighted by Crippen LogP contribution is 2.41. The van der Waals surface area contributed by atoms with Crippen LogP contribution in [0.15, 0.2) is 88.1 Å². The molecule has 214 valence electrons. The van der Waals surface area contributed by atoms with Crippen LogP contribution in [0.2, 0.25) is 0 Å². The van der Waals surface area contributed by atoms with Gasteiger partial charge < -0.3 is 19.7 Å². The molecule has 0 bridgehead atoms. The summed E-state index contributed by atoms with van der Waals surface area (Å²) in [7, 11) is 3.80. The van der Waals surface area contributed by atoms with Crippen molar-refractivity contribution < 1.29 is 28.7 Å². The van der Waals surface area contributed by atoms with Gasteiger partial charge in [-0.1, -0.05) is 12.1 Å². The quantitative estimate of drug-likeness (QED) is 0.168. The second-order valence-electron chi connectivity index (χ2n) is 10.4. The van der Waals surface area contributed by atoms with Crippen molar-refractivity contribution in [3.8, 4) is 11.1 Å². The summed E-state index contributed by atoms with van der Waals surface area (Å²) in [5, 5.41) is 15.6. The van der Waals surface area contributed by atoms with Gasteiger partial charge in [-0.15, -0.1) is 0 Å². The van der Waals surface area contributed by atoms with E-state index in [9.17, 15) is 29.1 Å². The Balaban J connectivity index is 1.48. The average Bonchev–Trinajstić information content (AvgIpc) is 3.31. The Kier molecular flexibility index (Phi) is 6.73. The van der Waals surface area contributed by atoms with Gasteiger partial charge in [0.25, 0.3) is 17.7 Å². The molecule has 0 saturated carbocycles. The molecule has 2 heterocycles. The van der Waals surface area contributed by atoms with Crippen LogP contribution < -0.4 is 15.6 Å². The van der Waals surface area contributed by atoms with E-state index in [0.29, 0.717) is 43.8 Å². The maximum atomic E-state index is 13.0. The summed E-state index contributed by atoms with van der Waals surface area (Å²) in [5.41, 5.74) is 2.75. The molecule has 4 aromatic carbocycles. The Hall–Kier alpha value is -5.77. The summed E-state index contributed by atoms with van der Waals surface area (Å²) in [6.45, 7) is -0.00747. The third-order valence-corrected chi connectivity index (χ3v) is 7.48. The minimum absolute atomic E-state index is 0.00394. The van der Waals surface area contributed by atoms with Gasteiger partial charge in [0.05, 0.1) is 5.56 Å². The summed E-state index contributed by atoms with van der Waals surface area (Å²) in [4.78, 5) is 64.1. The first-order valence-corrected chi connectivity index (χ1v) is 13.4. The lowest BCUT2D eigenvalue weighted by Gasteiger charge is -2.18. The van der Waals surface area contributed by atoms with Crippen LogP contribution in [0.1, 0.15) is 20.7 Å². The van der Waals surface area contributed by atoms with Crippen LogP contribution in [0.4, 0.5) is 5.69 Å². The molecule has 0 unspecified atom stereocenters. The topological polar surface area (TPSA) is 137 Å². The molecule has 1 aliphatic rings. The van der Waals surface area contributed by atoms with E-state index in [1.165, 1.54) is 24.3 Å². The molecule has 0 radical (unpaired) electrons. The van der Waals surface area contributed by atoms with E-state index in [0.717, 1.165) is 22.7 Å². The number of imide groups is 1. The lowest BCUT2D eigenvalue weighted by atomic mass is 9.91. The number of carbonyl (C=O) groups excluding carboxylic acids is 3. The summed E-state index contributed by atoms with van der Waals surface area (Å²) in [6, 6.07) is 18.4. The van der Waals surface area contributed by atoms with Gasteiger partial charge in [-0.2, -0.15) is 0 Å². The van der Waals surface area contributed by atoms with Gasteiger partial charge in [0.15, 0.2) is 5.43 Å². The molecular weight excluding hydrogens is 550 g/mol. The van der Waals surface area contributed by atoms with Crippen molar-refractivity contribution in [2.75, 3.05) is 32.1 Å². The van der Waals surface area contributed by atoms with Crippen LogP contribution >= 0.6 is 0 Å². The number of anilines is 1. The standard InChI is InChI=1S/C33H25N3O7/c1-35(2)20-5-9-24-27(17-20)43-31-22-10-6-21(37)15-18(22)3-8-25(31)30(24)23-7-4-19(16-26(23)33(41)42)32(40)34-13-14-36-28(38)11-12-29(36)39/h3-12,15-17H,13-14H2,1-2H3,(H,34,40)(H,41,42). The van der Waals surface area contributed by atoms with Crippen LogP contribution in [0, 0.1) is 0 Å². The number of aromatic carboxylic acids is 1. The Morgan fingerprint density at radius 1 is 0.860 bits per heavy atom. The maximum absolute atomic E-state index is 13.0. The summed E-state index contributed by atoms with van der Waals surface area (Å²) < 4.78 is 6.42. The van der Waals surface area contributed by atoms with Crippen molar-refractivity contribution in [2.45, 2.75) is 0 Å². The van der Waals surface area contributed by atoms with Gasteiger partial charge in [0, 0.05) is 78.4 Å². The zero-order chi connectivity index (χ0) is 30.4. The van der Waals surface area contributed by atoms with E-state index in [2.05, 4.69) is 5.32 Å². The summed E-state index contributed by atoms with van der Waals surface area (Å²) in [6.07, 6.45) is 2.33. The molecule has 0 atom stereocenters. The average molecular weight is 576 g/mol. The second kappa shape index (κ2) is 10.6. The Morgan fingerprint density at radius 3 is 2.30 bits per heavy atom. The zero-order valence-corrected chi connectivity index (χ0v) is 23.2.